The highest BCUT2D eigenvalue weighted by atomic mass is 19.4. The largest absolute Gasteiger partial charge is 0.499 e. The number of ether oxygens (including phenoxy) is 1. The summed E-state index contributed by atoms with van der Waals surface area (Å²) in [5.74, 6) is 0.329. The molecular weight excluding hydrogens is 483 g/mol. The molecule has 2 fully saturated rings. The van der Waals surface area contributed by atoms with Crippen LogP contribution in [0.15, 0.2) is 54.6 Å². The molecule has 0 heterocycles. The zero-order valence-electron chi connectivity index (χ0n) is 20.5. The molecule has 0 atom stereocenters. The molecule has 0 aliphatic heterocycles. The van der Waals surface area contributed by atoms with Crippen LogP contribution in [-0.2, 0) is 6.42 Å². The summed E-state index contributed by atoms with van der Waals surface area (Å²) in [5.41, 5.74) is 9.02. The highest BCUT2D eigenvalue weighted by Crippen LogP contribution is 2.53. The van der Waals surface area contributed by atoms with E-state index in [-0.39, 0.29) is 0 Å². The molecule has 6 heteroatoms. The van der Waals surface area contributed by atoms with Crippen molar-refractivity contribution in [3.8, 4) is 28.0 Å². The van der Waals surface area contributed by atoms with Crippen LogP contribution >= 0.6 is 0 Å². The molecule has 6 rings (SSSR count). The van der Waals surface area contributed by atoms with Crippen LogP contribution in [-0.4, -0.2) is 12.3 Å². The summed E-state index contributed by atoms with van der Waals surface area (Å²) in [7, 11) is 0. The molecule has 3 aromatic rings. The van der Waals surface area contributed by atoms with Gasteiger partial charge in [-0.15, -0.1) is 0 Å². The standard InChI is InChI=1S/C31H29F5O/c32-30(33,34)31(35,36)37-23-14-7-13-22(16-23)29-27-17-21-12-5-6-15-24(21)26(27)18-25(19-8-1-2-9-19)28(29)20-10-3-4-11-20/h5-7,12-16,18-20H,1-4,8-11,17H2. The molecule has 0 unspecified atom stereocenters. The van der Waals surface area contributed by atoms with E-state index in [1.165, 1.54) is 58.9 Å². The van der Waals surface area contributed by atoms with Crippen LogP contribution in [0.3, 0.4) is 0 Å². The van der Waals surface area contributed by atoms with Crippen LogP contribution in [0.1, 0.15) is 85.5 Å². The third kappa shape index (κ3) is 4.32. The summed E-state index contributed by atoms with van der Waals surface area (Å²) in [4.78, 5) is 0. The Kier molecular flexibility index (Phi) is 6.04. The normalized spacial score (nSPS) is 18.3. The van der Waals surface area contributed by atoms with Gasteiger partial charge < -0.3 is 4.74 Å². The van der Waals surface area contributed by atoms with E-state index in [1.807, 2.05) is 18.2 Å². The first-order chi connectivity index (χ1) is 17.7. The van der Waals surface area contributed by atoms with Crippen molar-refractivity contribution in [1.82, 2.24) is 0 Å². The SMILES string of the molecule is FC(F)(F)C(F)(F)Oc1cccc(-c2c3c(cc(C4CCCC4)c2C2CCCC2)-c2ccccc2C3)c1. The molecule has 2 saturated carbocycles. The van der Waals surface area contributed by atoms with Gasteiger partial charge in [0.1, 0.15) is 5.75 Å². The lowest BCUT2D eigenvalue weighted by Crippen LogP contribution is -2.41. The minimum absolute atomic E-state index is 0.362. The van der Waals surface area contributed by atoms with Crippen LogP contribution in [0.2, 0.25) is 0 Å². The summed E-state index contributed by atoms with van der Waals surface area (Å²) in [6, 6.07) is 16.6. The Hall–Kier alpha value is -2.89. The van der Waals surface area contributed by atoms with E-state index in [1.54, 1.807) is 0 Å². The number of rotatable bonds is 5. The van der Waals surface area contributed by atoms with Crippen molar-refractivity contribution in [2.24, 2.45) is 0 Å². The third-order valence-electron chi connectivity index (χ3n) is 8.44. The van der Waals surface area contributed by atoms with Crippen LogP contribution in [0.5, 0.6) is 5.75 Å². The molecule has 3 aliphatic rings. The van der Waals surface area contributed by atoms with E-state index >= 15 is 0 Å². The van der Waals surface area contributed by atoms with Gasteiger partial charge in [0, 0.05) is 0 Å². The van der Waals surface area contributed by atoms with Gasteiger partial charge in [0.05, 0.1) is 0 Å². The number of alkyl halides is 5. The molecule has 194 valence electrons. The fraction of sp³-hybridized carbons (Fsp3) is 0.419. The lowest BCUT2D eigenvalue weighted by Gasteiger charge is -2.27. The molecule has 0 amide bonds. The summed E-state index contributed by atoms with van der Waals surface area (Å²) in [6.45, 7) is 0. The molecule has 0 bridgehead atoms. The predicted octanol–water partition coefficient (Wildman–Crippen LogP) is 9.77. The Labute approximate surface area is 213 Å². The Balaban J connectivity index is 1.56. The molecule has 0 saturated heterocycles. The van der Waals surface area contributed by atoms with Gasteiger partial charge in [-0.25, -0.2) is 0 Å². The molecular formula is C31H29F5O. The smallest absolute Gasteiger partial charge is 0.426 e. The van der Waals surface area contributed by atoms with Crippen molar-refractivity contribution >= 4 is 0 Å². The summed E-state index contributed by atoms with van der Waals surface area (Å²) in [6.07, 6.45) is -1.27. The number of hydrogen-bond donors (Lipinski definition) is 0. The Morgan fingerprint density at radius 2 is 1.38 bits per heavy atom. The molecule has 37 heavy (non-hydrogen) atoms. The second kappa shape index (κ2) is 9.14. The maximum Gasteiger partial charge on any atom is 0.499 e. The van der Waals surface area contributed by atoms with Crippen molar-refractivity contribution in [3.63, 3.8) is 0 Å². The minimum Gasteiger partial charge on any atom is -0.426 e. The average Bonchev–Trinajstić information content (AvgIpc) is 3.63. The number of halogens is 5. The predicted molar refractivity (Wildman–Crippen MR) is 134 cm³/mol. The van der Waals surface area contributed by atoms with Crippen molar-refractivity contribution in [3.05, 3.63) is 76.9 Å². The number of fused-ring (bicyclic) bond motifs is 3. The van der Waals surface area contributed by atoms with Gasteiger partial charge in [-0.05, 0) is 101 Å². The van der Waals surface area contributed by atoms with Crippen LogP contribution < -0.4 is 4.74 Å². The zero-order valence-corrected chi connectivity index (χ0v) is 20.5. The van der Waals surface area contributed by atoms with Crippen LogP contribution in [0, 0.1) is 0 Å². The molecule has 0 N–H and O–H groups in total. The zero-order chi connectivity index (χ0) is 25.8. The van der Waals surface area contributed by atoms with Gasteiger partial charge in [-0.2, -0.15) is 22.0 Å². The minimum atomic E-state index is -5.79. The maximum atomic E-state index is 13.8. The summed E-state index contributed by atoms with van der Waals surface area (Å²) >= 11 is 0. The van der Waals surface area contributed by atoms with E-state index in [0.29, 0.717) is 17.4 Å². The fourth-order valence-corrected chi connectivity index (χ4v) is 6.79. The molecule has 0 aromatic heterocycles. The maximum absolute atomic E-state index is 13.8. The van der Waals surface area contributed by atoms with Gasteiger partial charge in [-0.1, -0.05) is 68.1 Å². The van der Waals surface area contributed by atoms with E-state index in [0.717, 1.165) is 56.1 Å². The molecule has 3 aliphatic carbocycles. The summed E-state index contributed by atoms with van der Waals surface area (Å²) < 4.78 is 70.5. The number of hydrogen-bond acceptors (Lipinski definition) is 1. The van der Waals surface area contributed by atoms with Crippen molar-refractivity contribution < 1.29 is 26.7 Å². The lowest BCUT2D eigenvalue weighted by atomic mass is 9.77. The topological polar surface area (TPSA) is 9.23 Å². The Morgan fingerprint density at radius 1 is 0.703 bits per heavy atom. The monoisotopic (exact) mass is 512 g/mol. The van der Waals surface area contributed by atoms with E-state index in [9.17, 15) is 22.0 Å². The first-order valence-corrected chi connectivity index (χ1v) is 13.2. The highest BCUT2D eigenvalue weighted by molar-refractivity contribution is 5.88. The van der Waals surface area contributed by atoms with E-state index < -0.39 is 18.0 Å². The Bertz CT molecular complexity index is 1310. The second-order valence-corrected chi connectivity index (χ2v) is 10.7. The fourth-order valence-electron chi connectivity index (χ4n) is 6.79. The molecule has 0 radical (unpaired) electrons. The molecule has 1 nitrogen and oxygen atoms in total. The van der Waals surface area contributed by atoms with E-state index in [2.05, 4.69) is 22.9 Å². The van der Waals surface area contributed by atoms with Crippen molar-refractivity contribution in [1.29, 1.82) is 0 Å². The first kappa shape index (κ1) is 24.4. The van der Waals surface area contributed by atoms with Gasteiger partial charge in [-0.3, -0.25) is 0 Å². The first-order valence-electron chi connectivity index (χ1n) is 13.2. The van der Waals surface area contributed by atoms with Gasteiger partial charge in [0.2, 0.25) is 0 Å². The number of benzene rings is 3. The van der Waals surface area contributed by atoms with Crippen molar-refractivity contribution in [2.75, 3.05) is 0 Å². The van der Waals surface area contributed by atoms with Gasteiger partial charge in [0.15, 0.2) is 0 Å². The van der Waals surface area contributed by atoms with E-state index in [4.69, 9.17) is 0 Å². The third-order valence-corrected chi connectivity index (χ3v) is 8.44. The molecule has 0 spiro atoms. The Morgan fingerprint density at radius 3 is 2.08 bits per heavy atom. The quantitative estimate of drug-likeness (QED) is 0.242. The van der Waals surface area contributed by atoms with Crippen LogP contribution in [0.25, 0.3) is 22.3 Å². The average molecular weight is 513 g/mol. The lowest BCUT2D eigenvalue weighted by molar-refractivity contribution is -0.360. The summed E-state index contributed by atoms with van der Waals surface area (Å²) in [5, 5.41) is 0. The highest BCUT2D eigenvalue weighted by Gasteiger charge is 2.61. The van der Waals surface area contributed by atoms with Crippen LogP contribution in [0.4, 0.5) is 22.0 Å². The second-order valence-electron chi connectivity index (χ2n) is 10.7. The van der Waals surface area contributed by atoms with Gasteiger partial charge in [0.25, 0.3) is 0 Å². The molecule has 3 aromatic carbocycles. The van der Waals surface area contributed by atoms with Crippen molar-refractivity contribution in [2.45, 2.75) is 81.9 Å². The van der Waals surface area contributed by atoms with Gasteiger partial charge >= 0.3 is 12.3 Å².